The minimum Gasteiger partial charge on any atom is -0.293 e. The summed E-state index contributed by atoms with van der Waals surface area (Å²) in [5.41, 5.74) is 1.16. The molecular formula is C14H18OS. The molecular weight excluding hydrogens is 216 g/mol. The average molecular weight is 234 g/mol. The molecule has 2 aliphatic carbocycles. The highest BCUT2D eigenvalue weighted by Crippen LogP contribution is 2.49. The first-order valence-electron chi connectivity index (χ1n) is 6.31. The highest BCUT2D eigenvalue weighted by atomic mass is 32.1. The van der Waals surface area contributed by atoms with Crippen LogP contribution in [-0.2, 0) is 0 Å². The molecule has 1 aromatic heterocycles. The number of rotatable bonds is 3. The number of thiophene rings is 1. The van der Waals surface area contributed by atoms with Crippen molar-refractivity contribution in [3.8, 4) is 0 Å². The Balaban J connectivity index is 1.67. The molecule has 1 aromatic rings. The van der Waals surface area contributed by atoms with E-state index in [9.17, 15) is 4.79 Å². The summed E-state index contributed by atoms with van der Waals surface area (Å²) in [5.74, 6) is 2.92. The topological polar surface area (TPSA) is 17.1 Å². The third-order valence-corrected chi connectivity index (χ3v) is 5.50. The van der Waals surface area contributed by atoms with Crippen LogP contribution in [0.1, 0.15) is 47.3 Å². The molecule has 0 aliphatic heterocycles. The molecule has 16 heavy (non-hydrogen) atoms. The predicted octanol–water partition coefficient (Wildman–Crippen LogP) is 4.07. The number of fused-ring (bicyclic) bond motifs is 2. The minimum absolute atomic E-state index is 0.394. The molecule has 0 spiro atoms. The van der Waals surface area contributed by atoms with Gasteiger partial charge in [-0.2, -0.15) is 0 Å². The van der Waals surface area contributed by atoms with E-state index in [2.05, 4.69) is 6.07 Å². The Bertz CT molecular complexity index is 407. The lowest BCUT2D eigenvalue weighted by Crippen LogP contribution is -2.15. The Morgan fingerprint density at radius 2 is 2.31 bits per heavy atom. The van der Waals surface area contributed by atoms with Crippen molar-refractivity contribution in [2.75, 3.05) is 0 Å². The molecule has 1 nitrogen and oxygen atoms in total. The van der Waals surface area contributed by atoms with E-state index in [1.165, 1.54) is 25.7 Å². The summed E-state index contributed by atoms with van der Waals surface area (Å²) in [4.78, 5) is 13.2. The first-order valence-corrected chi connectivity index (χ1v) is 7.19. The van der Waals surface area contributed by atoms with Gasteiger partial charge in [0.25, 0.3) is 0 Å². The van der Waals surface area contributed by atoms with Gasteiger partial charge in [-0.1, -0.05) is 6.42 Å². The molecule has 2 saturated carbocycles. The summed E-state index contributed by atoms with van der Waals surface area (Å²) >= 11 is 1.61. The SMILES string of the molecule is Cc1ccsc1C(=O)CC1CC2CCC1C2. The van der Waals surface area contributed by atoms with Crippen LogP contribution in [0.4, 0.5) is 0 Å². The highest BCUT2D eigenvalue weighted by molar-refractivity contribution is 7.12. The Morgan fingerprint density at radius 1 is 1.44 bits per heavy atom. The zero-order chi connectivity index (χ0) is 11.1. The Labute approximate surface area is 101 Å². The lowest BCUT2D eigenvalue weighted by molar-refractivity contribution is 0.0948. The third kappa shape index (κ3) is 1.73. The Kier molecular flexibility index (Phi) is 2.62. The maximum Gasteiger partial charge on any atom is 0.173 e. The van der Waals surface area contributed by atoms with Crippen LogP contribution in [0.15, 0.2) is 11.4 Å². The molecule has 0 radical (unpaired) electrons. The maximum atomic E-state index is 12.2. The smallest absolute Gasteiger partial charge is 0.173 e. The second kappa shape index (κ2) is 3.99. The lowest BCUT2D eigenvalue weighted by Gasteiger charge is -2.20. The van der Waals surface area contributed by atoms with E-state index in [1.807, 2.05) is 12.3 Å². The monoisotopic (exact) mass is 234 g/mol. The summed E-state index contributed by atoms with van der Waals surface area (Å²) in [7, 11) is 0. The van der Waals surface area contributed by atoms with Gasteiger partial charge < -0.3 is 0 Å². The molecule has 2 aliphatic rings. The van der Waals surface area contributed by atoms with Gasteiger partial charge in [0.05, 0.1) is 4.88 Å². The molecule has 0 saturated heterocycles. The highest BCUT2D eigenvalue weighted by Gasteiger charge is 2.40. The van der Waals surface area contributed by atoms with E-state index in [0.717, 1.165) is 28.7 Å². The zero-order valence-electron chi connectivity index (χ0n) is 9.74. The summed E-state index contributed by atoms with van der Waals surface area (Å²) in [6.07, 6.45) is 6.34. The first kappa shape index (κ1) is 10.5. The van der Waals surface area contributed by atoms with Gasteiger partial charge in [-0.25, -0.2) is 0 Å². The van der Waals surface area contributed by atoms with Crippen LogP contribution < -0.4 is 0 Å². The minimum atomic E-state index is 0.394. The number of aryl methyl sites for hydroxylation is 1. The maximum absolute atomic E-state index is 12.2. The lowest BCUT2D eigenvalue weighted by atomic mass is 9.85. The van der Waals surface area contributed by atoms with Gasteiger partial charge in [-0.15, -0.1) is 11.3 Å². The van der Waals surface area contributed by atoms with Crippen molar-refractivity contribution < 1.29 is 4.79 Å². The van der Waals surface area contributed by atoms with Crippen molar-refractivity contribution in [3.05, 3.63) is 21.9 Å². The predicted molar refractivity (Wildman–Crippen MR) is 66.9 cm³/mol. The van der Waals surface area contributed by atoms with Crippen molar-refractivity contribution in [2.45, 2.75) is 39.0 Å². The molecule has 2 fully saturated rings. The van der Waals surface area contributed by atoms with Gasteiger partial charge in [-0.05, 0) is 60.9 Å². The van der Waals surface area contributed by atoms with Crippen LogP contribution in [0, 0.1) is 24.7 Å². The summed E-state index contributed by atoms with van der Waals surface area (Å²) in [6, 6.07) is 2.05. The number of hydrogen-bond acceptors (Lipinski definition) is 2. The third-order valence-electron chi connectivity index (χ3n) is 4.45. The number of hydrogen-bond donors (Lipinski definition) is 0. The van der Waals surface area contributed by atoms with Crippen LogP contribution in [0.3, 0.4) is 0 Å². The van der Waals surface area contributed by atoms with E-state index in [-0.39, 0.29) is 0 Å². The van der Waals surface area contributed by atoms with Crippen molar-refractivity contribution in [3.63, 3.8) is 0 Å². The van der Waals surface area contributed by atoms with Gasteiger partial charge >= 0.3 is 0 Å². The van der Waals surface area contributed by atoms with Crippen LogP contribution in [-0.4, -0.2) is 5.78 Å². The Hall–Kier alpha value is -0.630. The second-order valence-electron chi connectivity index (χ2n) is 5.49. The van der Waals surface area contributed by atoms with Crippen LogP contribution >= 0.6 is 11.3 Å². The fourth-order valence-electron chi connectivity index (χ4n) is 3.62. The second-order valence-corrected chi connectivity index (χ2v) is 6.41. The van der Waals surface area contributed by atoms with Crippen LogP contribution in [0.25, 0.3) is 0 Å². The first-order chi connectivity index (χ1) is 7.74. The molecule has 3 unspecified atom stereocenters. The van der Waals surface area contributed by atoms with E-state index in [1.54, 1.807) is 11.3 Å². The fourth-order valence-corrected chi connectivity index (χ4v) is 4.49. The van der Waals surface area contributed by atoms with Crippen LogP contribution in [0.5, 0.6) is 0 Å². The van der Waals surface area contributed by atoms with Crippen molar-refractivity contribution in [1.29, 1.82) is 0 Å². The molecule has 0 amide bonds. The molecule has 2 heteroatoms. The van der Waals surface area contributed by atoms with E-state index >= 15 is 0 Å². The van der Waals surface area contributed by atoms with Crippen molar-refractivity contribution in [2.24, 2.45) is 17.8 Å². The molecule has 1 heterocycles. The molecule has 3 rings (SSSR count). The van der Waals surface area contributed by atoms with E-state index in [4.69, 9.17) is 0 Å². The number of carbonyl (C=O) groups is 1. The van der Waals surface area contributed by atoms with Crippen molar-refractivity contribution in [1.82, 2.24) is 0 Å². The van der Waals surface area contributed by atoms with E-state index < -0.39 is 0 Å². The van der Waals surface area contributed by atoms with Gasteiger partial charge in [0.1, 0.15) is 0 Å². The number of ketones is 1. The fraction of sp³-hybridized carbons (Fsp3) is 0.643. The molecule has 0 N–H and O–H groups in total. The molecule has 86 valence electrons. The van der Waals surface area contributed by atoms with Gasteiger partial charge in [-0.3, -0.25) is 4.79 Å². The van der Waals surface area contributed by atoms with Gasteiger partial charge in [0, 0.05) is 6.42 Å². The summed E-state index contributed by atoms with van der Waals surface area (Å²) < 4.78 is 0. The van der Waals surface area contributed by atoms with Gasteiger partial charge in [0.2, 0.25) is 0 Å². The molecule has 3 atom stereocenters. The zero-order valence-corrected chi connectivity index (χ0v) is 10.6. The van der Waals surface area contributed by atoms with E-state index in [0.29, 0.717) is 11.7 Å². The summed E-state index contributed by atoms with van der Waals surface area (Å²) in [6.45, 7) is 2.05. The number of Topliss-reactive ketones (excluding diaryl/α,β-unsaturated/α-hetero) is 1. The molecule has 2 bridgehead atoms. The standard InChI is InChI=1S/C14H18OS/c1-9-4-5-16-14(9)13(15)8-12-7-10-2-3-11(12)6-10/h4-5,10-12H,2-3,6-8H2,1H3. The van der Waals surface area contributed by atoms with Crippen LogP contribution in [0.2, 0.25) is 0 Å². The normalized spacial score (nSPS) is 32.2. The van der Waals surface area contributed by atoms with Crippen molar-refractivity contribution >= 4 is 17.1 Å². The number of carbonyl (C=O) groups excluding carboxylic acids is 1. The summed E-state index contributed by atoms with van der Waals surface area (Å²) in [5, 5.41) is 2.03. The largest absolute Gasteiger partial charge is 0.293 e. The van der Waals surface area contributed by atoms with Gasteiger partial charge in [0.15, 0.2) is 5.78 Å². The quantitative estimate of drug-likeness (QED) is 0.721. The average Bonchev–Trinajstić information content (AvgIpc) is 2.92. The molecule has 0 aromatic carbocycles. The Morgan fingerprint density at radius 3 is 2.88 bits per heavy atom.